The van der Waals surface area contributed by atoms with Crippen molar-refractivity contribution in [2.24, 2.45) is 0 Å². The number of nitrogens with zero attached hydrogens (tertiary/aromatic N) is 4. The van der Waals surface area contributed by atoms with Crippen LogP contribution in [0.4, 0.5) is 0 Å². The summed E-state index contributed by atoms with van der Waals surface area (Å²) in [5.41, 5.74) is 22.1. The zero-order chi connectivity index (χ0) is 50.9. The quantitative estimate of drug-likeness (QED) is 0.160. The number of rotatable bonds is 7. The van der Waals surface area contributed by atoms with Gasteiger partial charge in [-0.15, -0.1) is 0 Å². The van der Waals surface area contributed by atoms with E-state index in [1.807, 2.05) is 0 Å². The van der Waals surface area contributed by atoms with Crippen molar-refractivity contribution < 1.29 is 4.42 Å². The smallest absolute Gasteiger partial charge is 0.164 e. The van der Waals surface area contributed by atoms with Crippen LogP contribution in [0.3, 0.4) is 0 Å². The Labute approximate surface area is 444 Å². The number of benzene rings is 11. The third-order valence-electron chi connectivity index (χ3n) is 16.4. The van der Waals surface area contributed by atoms with E-state index in [1.165, 1.54) is 65.7 Å². The van der Waals surface area contributed by atoms with Crippen LogP contribution in [-0.4, -0.2) is 19.4 Å². The molecule has 1 aliphatic carbocycles. The van der Waals surface area contributed by atoms with Crippen LogP contribution >= 0.6 is 0 Å². The van der Waals surface area contributed by atoms with Gasteiger partial charge in [0.15, 0.2) is 17.5 Å². The summed E-state index contributed by atoms with van der Waals surface area (Å²) in [5, 5.41) is 7.14. The van der Waals surface area contributed by atoms with E-state index < -0.39 is 0 Å². The van der Waals surface area contributed by atoms with Gasteiger partial charge >= 0.3 is 0 Å². The van der Waals surface area contributed by atoms with Gasteiger partial charge in [-0.3, -0.25) is 0 Å². The molecule has 4 heterocycles. The first-order valence-electron chi connectivity index (χ1n) is 26.4. The average Bonchev–Trinajstić information content (AvgIpc) is 4.27. The number of hydrogen-bond acceptors (Lipinski definition) is 4. The maximum Gasteiger partial charge on any atom is 0.164 e. The molecule has 0 saturated carbocycles. The molecule has 16 rings (SSSR count). The van der Waals surface area contributed by atoms with Gasteiger partial charge in [0, 0.05) is 49.2 Å². The highest BCUT2D eigenvalue weighted by Gasteiger charge is 2.35. The molecule has 0 aliphatic heterocycles. The Morgan fingerprint density at radius 3 is 1.62 bits per heavy atom. The summed E-state index contributed by atoms with van der Waals surface area (Å²) < 4.78 is 9.05. The van der Waals surface area contributed by atoms with E-state index in [4.69, 9.17) is 19.4 Å². The lowest BCUT2D eigenvalue weighted by Crippen LogP contribution is -2.14. The molecule has 0 spiro atoms. The summed E-state index contributed by atoms with van der Waals surface area (Å²) in [7, 11) is 0. The fourth-order valence-corrected chi connectivity index (χ4v) is 12.7. The molecule has 0 amide bonds. The van der Waals surface area contributed by atoms with Gasteiger partial charge in [0.2, 0.25) is 0 Å². The molecule has 77 heavy (non-hydrogen) atoms. The molecule has 0 unspecified atom stereocenters. The lowest BCUT2D eigenvalue weighted by atomic mass is 9.82. The van der Waals surface area contributed by atoms with Gasteiger partial charge in [-0.1, -0.05) is 202 Å². The zero-order valence-corrected chi connectivity index (χ0v) is 42.3. The van der Waals surface area contributed by atoms with Crippen LogP contribution in [0.1, 0.15) is 25.0 Å². The second-order valence-electron chi connectivity index (χ2n) is 21.1. The molecule has 4 aromatic heterocycles. The van der Waals surface area contributed by atoms with Crippen molar-refractivity contribution >= 4 is 60.0 Å². The fraction of sp³-hybridized carbons (Fsp3) is 0.0417. The van der Waals surface area contributed by atoms with Gasteiger partial charge in [-0.2, -0.15) is 0 Å². The fourth-order valence-electron chi connectivity index (χ4n) is 12.7. The maximum atomic E-state index is 6.56. The molecule has 0 atom stereocenters. The molecule has 0 saturated heterocycles. The normalized spacial score (nSPS) is 12.9. The van der Waals surface area contributed by atoms with Crippen molar-refractivity contribution in [3.8, 4) is 89.8 Å². The molecular formula is C72H46N4O. The molecule has 11 aromatic carbocycles. The Morgan fingerprint density at radius 1 is 0.312 bits per heavy atom. The van der Waals surface area contributed by atoms with Crippen molar-refractivity contribution in [1.29, 1.82) is 0 Å². The topological polar surface area (TPSA) is 56.2 Å². The Morgan fingerprint density at radius 2 is 0.831 bits per heavy atom. The summed E-state index contributed by atoms with van der Waals surface area (Å²) in [6, 6.07) is 87.3. The summed E-state index contributed by atoms with van der Waals surface area (Å²) >= 11 is 0. The standard InChI is InChI=1S/C72H46N4O/c1-72(2)60-27-11-9-22-54(60)59-42-49(34-36-61(59)72)70-73-69(74-71(75-70)52-40-50(43-16-5-3-6-17-43)39-51(41-52)44-18-7-4-8-19-44)46-32-30-45(31-33-46)47-20-13-21-48(38-47)53-24-14-26-57-56-25-15-29-63-65(56)66-64(77-63)37-35-58-55-23-10-12-28-62(55)76(67(53)57)68(58)66/h3-42H,1-2H3. The van der Waals surface area contributed by atoms with Crippen LogP contribution in [0.2, 0.25) is 0 Å². The molecule has 1 aliphatic rings. The van der Waals surface area contributed by atoms with E-state index >= 15 is 0 Å². The van der Waals surface area contributed by atoms with Gasteiger partial charge in [0.25, 0.3) is 0 Å². The summed E-state index contributed by atoms with van der Waals surface area (Å²) in [6.45, 7) is 4.63. The Hall–Kier alpha value is -9.97. The van der Waals surface area contributed by atoms with E-state index in [9.17, 15) is 0 Å². The molecule has 0 N–H and O–H groups in total. The molecule has 15 aromatic rings. The van der Waals surface area contributed by atoms with Gasteiger partial charge in [-0.25, -0.2) is 15.0 Å². The third-order valence-corrected chi connectivity index (χ3v) is 16.4. The number of para-hydroxylation sites is 2. The monoisotopic (exact) mass is 982 g/mol. The van der Waals surface area contributed by atoms with Gasteiger partial charge < -0.3 is 8.82 Å². The number of hydrogen-bond donors (Lipinski definition) is 0. The van der Waals surface area contributed by atoms with Crippen molar-refractivity contribution in [2.75, 3.05) is 0 Å². The average molecular weight is 983 g/mol. The minimum absolute atomic E-state index is 0.119. The minimum atomic E-state index is -0.119. The SMILES string of the molecule is CC1(C)c2ccccc2-c2cc(-c3nc(-c4ccc(-c5cccc(-c6cccc7c8cccc9oc%10ccc%11c%12ccccc%12n(c67)c%11c%10c98)c5)cc4)nc(-c4cc(-c5ccccc5)cc(-c5ccccc5)c4)n3)ccc21. The molecule has 0 fully saturated rings. The van der Waals surface area contributed by atoms with Crippen molar-refractivity contribution in [3.05, 3.63) is 254 Å². The lowest BCUT2D eigenvalue weighted by Gasteiger charge is -2.21. The first-order valence-corrected chi connectivity index (χ1v) is 26.4. The highest BCUT2D eigenvalue weighted by Crippen LogP contribution is 2.50. The Bertz CT molecular complexity index is 4820. The largest absolute Gasteiger partial charge is 0.456 e. The summed E-state index contributed by atoms with van der Waals surface area (Å²) in [5.74, 6) is 1.86. The zero-order valence-electron chi connectivity index (χ0n) is 42.3. The molecule has 0 radical (unpaired) electrons. The Kier molecular flexibility index (Phi) is 9.32. The van der Waals surface area contributed by atoms with E-state index in [-0.39, 0.29) is 5.41 Å². The van der Waals surface area contributed by atoms with E-state index in [0.717, 1.165) is 77.8 Å². The second-order valence-corrected chi connectivity index (χ2v) is 21.1. The predicted octanol–water partition coefficient (Wildman–Crippen LogP) is 18.9. The van der Waals surface area contributed by atoms with Crippen molar-refractivity contribution in [2.45, 2.75) is 19.3 Å². The number of furan rings is 1. The van der Waals surface area contributed by atoms with Crippen molar-refractivity contribution in [1.82, 2.24) is 19.4 Å². The van der Waals surface area contributed by atoms with E-state index in [0.29, 0.717) is 17.5 Å². The molecule has 0 bridgehead atoms. The molecule has 360 valence electrons. The van der Waals surface area contributed by atoms with Gasteiger partial charge in [0.1, 0.15) is 11.2 Å². The van der Waals surface area contributed by atoms with Crippen LogP contribution in [-0.2, 0) is 5.41 Å². The Balaban J connectivity index is 0.847. The number of fused-ring (bicyclic) bond motifs is 9. The first kappa shape index (κ1) is 43.4. The summed E-state index contributed by atoms with van der Waals surface area (Å²) in [4.78, 5) is 16.0. The van der Waals surface area contributed by atoms with Crippen LogP contribution in [0.15, 0.2) is 247 Å². The third kappa shape index (κ3) is 6.63. The minimum Gasteiger partial charge on any atom is -0.456 e. The highest BCUT2D eigenvalue weighted by molar-refractivity contribution is 6.32. The second kappa shape index (κ2) is 16.5. The van der Waals surface area contributed by atoms with Crippen molar-refractivity contribution in [3.63, 3.8) is 0 Å². The van der Waals surface area contributed by atoms with Crippen LogP contribution < -0.4 is 0 Å². The maximum absolute atomic E-state index is 6.56. The molecule has 5 nitrogen and oxygen atoms in total. The molecule has 5 heteroatoms. The summed E-state index contributed by atoms with van der Waals surface area (Å²) in [6.07, 6.45) is 0. The van der Waals surface area contributed by atoms with Gasteiger partial charge in [-0.05, 0) is 121 Å². The lowest BCUT2D eigenvalue weighted by molar-refractivity contribution is 0.660. The van der Waals surface area contributed by atoms with Crippen LogP contribution in [0.5, 0.6) is 0 Å². The molecular weight excluding hydrogens is 937 g/mol. The first-order chi connectivity index (χ1) is 37.9. The van der Waals surface area contributed by atoms with Gasteiger partial charge in [0.05, 0.1) is 21.9 Å². The van der Waals surface area contributed by atoms with Crippen LogP contribution in [0.25, 0.3) is 150 Å². The number of aromatic nitrogens is 4. The van der Waals surface area contributed by atoms with E-state index in [1.54, 1.807) is 0 Å². The van der Waals surface area contributed by atoms with Crippen LogP contribution in [0, 0.1) is 0 Å². The predicted molar refractivity (Wildman–Crippen MR) is 317 cm³/mol. The highest BCUT2D eigenvalue weighted by atomic mass is 16.3. The van der Waals surface area contributed by atoms with E-state index in [2.05, 4.69) is 261 Å².